The number of hydrogen-bond donors (Lipinski definition) is 2. The first-order chi connectivity index (χ1) is 13.0. The number of ether oxygens (including phenoxy) is 1. The molecule has 1 aromatic heterocycles. The zero-order chi connectivity index (χ0) is 19.4. The second-order valence-corrected chi connectivity index (χ2v) is 5.91. The molecule has 1 heterocycles. The third-order valence-electron chi connectivity index (χ3n) is 4.05. The highest BCUT2D eigenvalue weighted by atomic mass is 16.5. The summed E-state index contributed by atoms with van der Waals surface area (Å²) in [7, 11) is 1.21. The Bertz CT molecular complexity index is 1040. The van der Waals surface area contributed by atoms with Crippen LogP contribution in [0.1, 0.15) is 15.9 Å². The molecule has 2 aromatic carbocycles. The number of benzene rings is 2. The van der Waals surface area contributed by atoms with Gasteiger partial charge in [0.2, 0.25) is 0 Å². The summed E-state index contributed by atoms with van der Waals surface area (Å²) < 4.78 is 9.89. The highest BCUT2D eigenvalue weighted by molar-refractivity contribution is 5.98. The number of carbonyl (C=O) groups is 2. The van der Waals surface area contributed by atoms with Crippen LogP contribution in [0.5, 0.6) is 5.75 Å². The van der Waals surface area contributed by atoms with E-state index in [-0.39, 0.29) is 17.7 Å². The van der Waals surface area contributed by atoms with Crippen molar-refractivity contribution in [2.45, 2.75) is 12.5 Å². The predicted octanol–water partition coefficient (Wildman–Crippen LogP) is 2.01. The highest BCUT2D eigenvalue weighted by Gasteiger charge is 2.24. The van der Waals surface area contributed by atoms with Gasteiger partial charge in [-0.2, -0.15) is 0 Å². The lowest BCUT2D eigenvalue weighted by Gasteiger charge is -2.16. The Morgan fingerprint density at radius 1 is 1.15 bits per heavy atom. The zero-order valence-electron chi connectivity index (χ0n) is 14.5. The predicted molar refractivity (Wildman–Crippen MR) is 97.6 cm³/mol. The zero-order valence-corrected chi connectivity index (χ0v) is 14.5. The number of fused-ring (bicyclic) bond motifs is 1. The maximum Gasteiger partial charge on any atom is 0.349 e. The molecule has 1 amide bonds. The van der Waals surface area contributed by atoms with Gasteiger partial charge >= 0.3 is 11.6 Å². The quantitative estimate of drug-likeness (QED) is 0.528. The number of esters is 1. The molecule has 0 saturated carbocycles. The highest BCUT2D eigenvalue weighted by Crippen LogP contribution is 2.14. The van der Waals surface area contributed by atoms with Gasteiger partial charge in [-0.05, 0) is 29.8 Å². The first-order valence-corrected chi connectivity index (χ1v) is 8.17. The number of carbonyl (C=O) groups excluding carboxylic acids is 2. The fourth-order valence-electron chi connectivity index (χ4n) is 2.66. The van der Waals surface area contributed by atoms with Gasteiger partial charge in [0.05, 0.1) is 7.11 Å². The van der Waals surface area contributed by atoms with Crippen LogP contribution < -0.4 is 10.9 Å². The molecule has 138 valence electrons. The van der Waals surface area contributed by atoms with Gasteiger partial charge in [-0.3, -0.25) is 4.79 Å². The smallest absolute Gasteiger partial charge is 0.349 e. The average molecular weight is 367 g/mol. The van der Waals surface area contributed by atoms with Crippen LogP contribution in [-0.4, -0.2) is 30.1 Å². The summed E-state index contributed by atoms with van der Waals surface area (Å²) >= 11 is 0. The molecule has 0 fully saturated rings. The number of phenolic OH excluding ortho intramolecular Hbond substituents is 1. The number of aromatic hydroxyl groups is 1. The minimum atomic E-state index is -1.00. The molecule has 3 aromatic rings. The fourth-order valence-corrected chi connectivity index (χ4v) is 2.66. The van der Waals surface area contributed by atoms with E-state index in [1.807, 2.05) is 0 Å². The van der Waals surface area contributed by atoms with Crippen molar-refractivity contribution in [3.05, 3.63) is 76.1 Å². The van der Waals surface area contributed by atoms with E-state index in [4.69, 9.17) is 9.15 Å². The van der Waals surface area contributed by atoms with Crippen molar-refractivity contribution in [3.8, 4) is 5.75 Å². The Labute approximate surface area is 154 Å². The normalized spacial score (nSPS) is 11.7. The van der Waals surface area contributed by atoms with E-state index < -0.39 is 23.5 Å². The first-order valence-electron chi connectivity index (χ1n) is 8.17. The molecular weight excluding hydrogens is 350 g/mol. The molecule has 3 rings (SSSR count). The molecule has 0 radical (unpaired) electrons. The van der Waals surface area contributed by atoms with Crippen LogP contribution in [0.3, 0.4) is 0 Å². The lowest BCUT2D eigenvalue weighted by molar-refractivity contribution is -0.142. The van der Waals surface area contributed by atoms with Crippen LogP contribution in [0.4, 0.5) is 0 Å². The standard InChI is InChI=1S/C20H17NO6/c1-26-20(25)16(10-12-6-8-14(22)9-7-12)21-18(23)15-11-13-4-2-3-5-17(13)27-19(15)24/h2-9,11,16,22H,10H2,1H3,(H,21,23). The largest absolute Gasteiger partial charge is 0.508 e. The maximum absolute atomic E-state index is 12.6. The van der Waals surface area contributed by atoms with Crippen molar-refractivity contribution < 1.29 is 23.8 Å². The van der Waals surface area contributed by atoms with Crippen molar-refractivity contribution in [2.24, 2.45) is 0 Å². The molecule has 0 aliphatic heterocycles. The van der Waals surface area contributed by atoms with Crippen LogP contribution in [0, 0.1) is 0 Å². The molecule has 1 atom stereocenters. The lowest BCUT2D eigenvalue weighted by atomic mass is 10.1. The number of phenols is 1. The van der Waals surface area contributed by atoms with Crippen LogP contribution >= 0.6 is 0 Å². The van der Waals surface area contributed by atoms with E-state index in [0.29, 0.717) is 16.5 Å². The van der Waals surface area contributed by atoms with Crippen LogP contribution in [0.2, 0.25) is 0 Å². The molecule has 2 N–H and O–H groups in total. The van der Waals surface area contributed by atoms with E-state index in [1.165, 1.54) is 25.3 Å². The van der Waals surface area contributed by atoms with E-state index in [0.717, 1.165) is 0 Å². The van der Waals surface area contributed by atoms with Gasteiger partial charge in [-0.25, -0.2) is 9.59 Å². The Morgan fingerprint density at radius 3 is 2.56 bits per heavy atom. The minimum Gasteiger partial charge on any atom is -0.508 e. The second-order valence-electron chi connectivity index (χ2n) is 5.91. The molecule has 1 unspecified atom stereocenters. The van der Waals surface area contributed by atoms with Gasteiger partial charge in [0.1, 0.15) is 22.9 Å². The molecule has 0 spiro atoms. The number of nitrogens with one attached hydrogen (secondary N) is 1. The molecule has 27 heavy (non-hydrogen) atoms. The third-order valence-corrected chi connectivity index (χ3v) is 4.05. The lowest BCUT2D eigenvalue weighted by Crippen LogP contribution is -2.44. The number of para-hydroxylation sites is 1. The number of rotatable bonds is 5. The van der Waals surface area contributed by atoms with Crippen molar-refractivity contribution in [1.82, 2.24) is 5.32 Å². The molecular formula is C20H17NO6. The average Bonchev–Trinajstić information content (AvgIpc) is 2.67. The van der Waals surface area contributed by atoms with Crippen molar-refractivity contribution >= 4 is 22.8 Å². The van der Waals surface area contributed by atoms with Crippen molar-refractivity contribution in [2.75, 3.05) is 7.11 Å². The van der Waals surface area contributed by atoms with E-state index >= 15 is 0 Å². The van der Waals surface area contributed by atoms with Gasteiger partial charge < -0.3 is 19.6 Å². The Balaban J connectivity index is 1.86. The van der Waals surface area contributed by atoms with Gasteiger partial charge in [-0.1, -0.05) is 30.3 Å². The first kappa shape index (κ1) is 18.2. The van der Waals surface area contributed by atoms with Crippen LogP contribution in [-0.2, 0) is 16.0 Å². The Hall–Kier alpha value is -3.61. The van der Waals surface area contributed by atoms with Gasteiger partial charge in [-0.15, -0.1) is 0 Å². The number of amides is 1. The van der Waals surface area contributed by atoms with Crippen molar-refractivity contribution in [1.29, 1.82) is 0 Å². The minimum absolute atomic E-state index is 0.0891. The molecule has 0 saturated heterocycles. The third kappa shape index (κ3) is 4.14. The van der Waals surface area contributed by atoms with Gasteiger partial charge in [0.15, 0.2) is 0 Å². The molecule has 0 bridgehead atoms. The number of methoxy groups -OCH3 is 1. The second kappa shape index (κ2) is 7.74. The summed E-state index contributed by atoms with van der Waals surface area (Å²) in [5, 5.41) is 12.5. The Kier molecular flexibility index (Phi) is 5.21. The van der Waals surface area contributed by atoms with E-state index in [2.05, 4.69) is 5.32 Å². The van der Waals surface area contributed by atoms with Crippen LogP contribution in [0.25, 0.3) is 11.0 Å². The molecule has 7 heteroatoms. The Morgan fingerprint density at radius 2 is 1.85 bits per heavy atom. The monoisotopic (exact) mass is 367 g/mol. The van der Waals surface area contributed by atoms with E-state index in [9.17, 15) is 19.5 Å². The molecule has 0 aliphatic rings. The van der Waals surface area contributed by atoms with Gasteiger partial charge in [0.25, 0.3) is 5.91 Å². The molecule has 7 nitrogen and oxygen atoms in total. The summed E-state index contributed by atoms with van der Waals surface area (Å²) in [6.45, 7) is 0. The summed E-state index contributed by atoms with van der Waals surface area (Å²) in [4.78, 5) is 36.7. The van der Waals surface area contributed by atoms with Gasteiger partial charge in [0, 0.05) is 11.8 Å². The fraction of sp³-hybridized carbons (Fsp3) is 0.150. The SMILES string of the molecule is COC(=O)C(Cc1ccc(O)cc1)NC(=O)c1cc2ccccc2oc1=O. The number of hydrogen-bond acceptors (Lipinski definition) is 6. The molecule has 0 aliphatic carbocycles. The summed E-state index contributed by atoms with van der Waals surface area (Å²) in [6, 6.07) is 13.4. The van der Waals surface area contributed by atoms with Crippen molar-refractivity contribution in [3.63, 3.8) is 0 Å². The van der Waals surface area contributed by atoms with Crippen LogP contribution in [0.15, 0.2) is 63.8 Å². The summed E-state index contributed by atoms with van der Waals surface area (Å²) in [5.74, 6) is -1.29. The summed E-state index contributed by atoms with van der Waals surface area (Å²) in [6.07, 6.45) is 0.137. The summed E-state index contributed by atoms with van der Waals surface area (Å²) in [5.41, 5.74) is 0.0782. The topological polar surface area (TPSA) is 106 Å². The maximum atomic E-state index is 12.6. The van der Waals surface area contributed by atoms with E-state index in [1.54, 1.807) is 36.4 Å².